The van der Waals surface area contributed by atoms with Gasteiger partial charge in [0.15, 0.2) is 0 Å². The van der Waals surface area contributed by atoms with Crippen molar-refractivity contribution < 1.29 is 17.0 Å². The molecular weight excluding hydrogens is 303 g/mol. The summed E-state index contributed by atoms with van der Waals surface area (Å²) in [4.78, 5) is 0. The summed E-state index contributed by atoms with van der Waals surface area (Å²) in [6, 6.07) is 5.01. The average molecular weight is 322 g/mol. The third kappa shape index (κ3) is 4.26. The first-order valence-electron chi connectivity index (χ1n) is 6.03. The van der Waals surface area contributed by atoms with E-state index in [1.165, 1.54) is 37.6 Å². The molecule has 0 saturated carbocycles. The Hall–Kier alpha value is -0.990. The topological polar surface area (TPSA) is 66.8 Å². The minimum Gasteiger partial charge on any atom is -0.249 e. The number of rotatable bonds is 5. The zero-order chi connectivity index (χ0) is 15.6. The summed E-state index contributed by atoms with van der Waals surface area (Å²) in [5.41, 5.74) is 0.631. The molecule has 0 fully saturated rings. The number of benzene rings is 1. The van der Waals surface area contributed by atoms with Crippen LogP contribution in [-0.2, 0) is 19.9 Å². The van der Waals surface area contributed by atoms with Gasteiger partial charge in [-0.1, -0.05) is 22.8 Å². The minimum absolute atomic E-state index is 0.158. The third-order valence-corrected chi connectivity index (χ3v) is 7.18. The third-order valence-electron chi connectivity index (χ3n) is 3.05. The highest BCUT2D eigenvalue weighted by atomic mass is 32.3. The molecule has 0 heterocycles. The highest BCUT2D eigenvalue weighted by molar-refractivity contribution is 8.02. The smallest absolute Gasteiger partial charge is 0.249 e. The summed E-state index contributed by atoms with van der Waals surface area (Å²) < 4.78 is 53.4. The molecule has 0 aliphatic rings. The van der Waals surface area contributed by atoms with Gasteiger partial charge in [-0.2, -0.15) is 12.7 Å². The summed E-state index contributed by atoms with van der Waals surface area (Å²) in [6.07, 6.45) is 1.31. The SMILES string of the molecule is CC[S@@](C)(=O)=NS(=O)(=O)N(C)[C@@H](C)c1ccc(F)cc1. The molecule has 0 aliphatic carbocycles. The minimum atomic E-state index is -4.00. The van der Waals surface area contributed by atoms with Gasteiger partial charge in [0.25, 0.3) is 0 Å². The van der Waals surface area contributed by atoms with E-state index in [4.69, 9.17) is 0 Å². The number of halogens is 1. The Labute approximate surface area is 120 Å². The van der Waals surface area contributed by atoms with Crippen LogP contribution in [0.4, 0.5) is 4.39 Å². The summed E-state index contributed by atoms with van der Waals surface area (Å²) >= 11 is 0. The number of hydrogen-bond donors (Lipinski definition) is 0. The lowest BCUT2D eigenvalue weighted by Crippen LogP contribution is -2.29. The van der Waals surface area contributed by atoms with E-state index in [0.717, 1.165) is 4.31 Å². The van der Waals surface area contributed by atoms with Crippen LogP contribution in [0.1, 0.15) is 25.5 Å². The molecule has 0 saturated heterocycles. The van der Waals surface area contributed by atoms with Crippen LogP contribution in [-0.4, -0.2) is 36.0 Å². The Kier molecular flexibility index (Phi) is 5.28. The molecule has 0 unspecified atom stereocenters. The van der Waals surface area contributed by atoms with Gasteiger partial charge in [-0.3, -0.25) is 0 Å². The van der Waals surface area contributed by atoms with Crippen molar-refractivity contribution in [3.05, 3.63) is 35.6 Å². The normalized spacial score (nSPS) is 16.7. The standard InChI is InChI=1S/C12H19FN2O3S2/c1-5-19(4,16)14-20(17,18)15(3)10(2)11-6-8-12(13)9-7-11/h6-10H,5H2,1-4H3/t10-,19+/m0/s1. The first-order chi connectivity index (χ1) is 9.09. The molecule has 0 aromatic heterocycles. The van der Waals surface area contributed by atoms with E-state index < -0.39 is 31.8 Å². The predicted molar refractivity (Wildman–Crippen MR) is 78.5 cm³/mol. The maximum atomic E-state index is 12.9. The van der Waals surface area contributed by atoms with E-state index in [9.17, 15) is 17.0 Å². The van der Waals surface area contributed by atoms with Crippen molar-refractivity contribution in [2.75, 3.05) is 19.1 Å². The van der Waals surface area contributed by atoms with Crippen molar-refractivity contribution in [3.63, 3.8) is 0 Å². The van der Waals surface area contributed by atoms with Gasteiger partial charge < -0.3 is 0 Å². The Morgan fingerprint density at radius 2 is 1.75 bits per heavy atom. The summed E-state index contributed by atoms with van der Waals surface area (Å²) in [5, 5.41) is 0. The molecule has 1 aromatic carbocycles. The van der Waals surface area contributed by atoms with Gasteiger partial charge in [0, 0.05) is 25.1 Å². The van der Waals surface area contributed by atoms with Crippen molar-refractivity contribution in [2.24, 2.45) is 3.77 Å². The van der Waals surface area contributed by atoms with Crippen LogP contribution in [0.3, 0.4) is 0 Å². The van der Waals surface area contributed by atoms with Gasteiger partial charge in [-0.05, 0) is 24.6 Å². The van der Waals surface area contributed by atoms with E-state index in [0.29, 0.717) is 5.56 Å². The molecule has 0 bridgehead atoms. The second-order valence-electron chi connectivity index (χ2n) is 4.54. The van der Waals surface area contributed by atoms with Gasteiger partial charge in [0.2, 0.25) is 0 Å². The first-order valence-corrected chi connectivity index (χ1v) is 9.52. The first kappa shape index (κ1) is 17.1. The lowest BCUT2D eigenvalue weighted by Gasteiger charge is -2.22. The maximum Gasteiger partial charge on any atom is 0.330 e. The fourth-order valence-electron chi connectivity index (χ4n) is 1.46. The van der Waals surface area contributed by atoms with Gasteiger partial charge >= 0.3 is 10.2 Å². The summed E-state index contributed by atoms with van der Waals surface area (Å²) in [6.45, 7) is 3.27. The molecule has 5 nitrogen and oxygen atoms in total. The molecule has 1 rings (SSSR count). The summed E-state index contributed by atoms with van der Waals surface area (Å²) in [7, 11) is -5.40. The van der Waals surface area contributed by atoms with E-state index >= 15 is 0 Å². The molecule has 0 aliphatic heterocycles. The lowest BCUT2D eigenvalue weighted by atomic mass is 10.1. The van der Waals surface area contributed by atoms with Crippen LogP contribution in [0.5, 0.6) is 0 Å². The molecule has 2 atom stereocenters. The van der Waals surface area contributed by atoms with Crippen molar-refractivity contribution in [3.8, 4) is 0 Å². The predicted octanol–water partition coefficient (Wildman–Crippen LogP) is 2.18. The number of hydrogen-bond acceptors (Lipinski definition) is 3. The summed E-state index contributed by atoms with van der Waals surface area (Å²) in [5.74, 6) is -0.232. The van der Waals surface area contributed by atoms with Crippen LogP contribution in [0.25, 0.3) is 0 Å². The van der Waals surface area contributed by atoms with Gasteiger partial charge in [0.1, 0.15) is 5.82 Å². The number of nitrogens with zero attached hydrogens (tertiary/aromatic N) is 2. The molecule has 0 radical (unpaired) electrons. The van der Waals surface area contributed by atoms with Crippen molar-refractivity contribution in [2.45, 2.75) is 19.9 Å². The second-order valence-corrected chi connectivity index (χ2v) is 9.11. The fourth-order valence-corrected chi connectivity index (χ4v) is 4.41. The van der Waals surface area contributed by atoms with Crippen LogP contribution in [0, 0.1) is 5.82 Å². The zero-order valence-electron chi connectivity index (χ0n) is 11.9. The van der Waals surface area contributed by atoms with Crippen molar-refractivity contribution in [1.29, 1.82) is 0 Å². The van der Waals surface area contributed by atoms with Gasteiger partial charge in [-0.15, -0.1) is 0 Å². The quantitative estimate of drug-likeness (QED) is 0.834. The van der Waals surface area contributed by atoms with Crippen molar-refractivity contribution in [1.82, 2.24) is 4.31 Å². The molecule has 0 spiro atoms. The molecule has 114 valence electrons. The van der Waals surface area contributed by atoms with Crippen LogP contribution < -0.4 is 0 Å². The molecule has 20 heavy (non-hydrogen) atoms. The van der Waals surface area contributed by atoms with Crippen LogP contribution >= 0.6 is 0 Å². The molecule has 0 N–H and O–H groups in total. The second kappa shape index (κ2) is 6.19. The monoisotopic (exact) mass is 322 g/mol. The van der Waals surface area contributed by atoms with Crippen molar-refractivity contribution >= 4 is 19.9 Å². The van der Waals surface area contributed by atoms with Crippen LogP contribution in [0.15, 0.2) is 28.0 Å². The van der Waals surface area contributed by atoms with Gasteiger partial charge in [-0.25, -0.2) is 8.60 Å². The average Bonchev–Trinajstić information content (AvgIpc) is 2.36. The fraction of sp³-hybridized carbons (Fsp3) is 0.500. The Morgan fingerprint density at radius 1 is 1.25 bits per heavy atom. The maximum absolute atomic E-state index is 12.9. The zero-order valence-corrected chi connectivity index (χ0v) is 13.5. The van der Waals surface area contributed by atoms with Crippen LogP contribution in [0.2, 0.25) is 0 Å². The lowest BCUT2D eigenvalue weighted by molar-refractivity contribution is 0.399. The molecule has 0 amide bonds. The van der Waals surface area contributed by atoms with E-state index in [2.05, 4.69) is 3.77 Å². The molecule has 1 aromatic rings. The Balaban J connectivity index is 3.11. The highest BCUT2D eigenvalue weighted by Gasteiger charge is 2.25. The largest absolute Gasteiger partial charge is 0.330 e. The van der Waals surface area contributed by atoms with Gasteiger partial charge in [0.05, 0.1) is 9.73 Å². The van der Waals surface area contributed by atoms with E-state index in [1.807, 2.05) is 0 Å². The Bertz CT molecular complexity index is 677. The van der Waals surface area contributed by atoms with E-state index in [1.54, 1.807) is 13.8 Å². The molecule has 8 heteroatoms. The molecular formula is C12H19FN2O3S2. The Morgan fingerprint density at radius 3 is 2.20 bits per heavy atom. The highest BCUT2D eigenvalue weighted by Crippen LogP contribution is 2.23. The van der Waals surface area contributed by atoms with E-state index in [-0.39, 0.29) is 5.75 Å².